The van der Waals surface area contributed by atoms with Gasteiger partial charge in [0, 0.05) is 12.8 Å². The predicted molar refractivity (Wildman–Crippen MR) is 46.2 cm³/mol. The lowest BCUT2D eigenvalue weighted by Gasteiger charge is -2.24. The number of aliphatic hydroxyl groups is 1. The Morgan fingerprint density at radius 2 is 2.29 bits per heavy atom. The fraction of sp³-hybridized carbons (Fsp3) is 0.889. The second-order valence-electron chi connectivity index (χ2n) is 3.80. The second kappa shape index (κ2) is 3.82. The summed E-state index contributed by atoms with van der Waals surface area (Å²) in [4.78, 5) is 10.6. The molecule has 1 N–H and O–H groups in total. The van der Waals surface area contributed by atoms with Crippen LogP contribution in [0.2, 0.25) is 0 Å². The lowest BCUT2D eigenvalue weighted by molar-refractivity contribution is -0.196. The number of alkyl halides is 1. The zero-order chi connectivity index (χ0) is 10.9. The van der Waals surface area contributed by atoms with Gasteiger partial charge in [0.25, 0.3) is 0 Å². The summed E-state index contributed by atoms with van der Waals surface area (Å²) in [6.07, 6.45) is -2.59. The maximum atomic E-state index is 13.5. The number of esters is 1. The fourth-order valence-electron chi connectivity index (χ4n) is 1.44. The minimum Gasteiger partial charge on any atom is -0.433 e. The van der Waals surface area contributed by atoms with Crippen LogP contribution in [0.25, 0.3) is 0 Å². The topological polar surface area (TPSA) is 55.8 Å². The van der Waals surface area contributed by atoms with E-state index >= 15 is 0 Å². The highest BCUT2D eigenvalue weighted by Crippen LogP contribution is 2.38. The number of carbonyl (C=O) groups excluding carboxylic acids is 1. The van der Waals surface area contributed by atoms with E-state index in [2.05, 4.69) is 4.74 Å². The van der Waals surface area contributed by atoms with Crippen LogP contribution in [0.5, 0.6) is 0 Å². The second-order valence-corrected chi connectivity index (χ2v) is 3.80. The Kier molecular flexibility index (Phi) is 3.11. The lowest BCUT2D eigenvalue weighted by Crippen LogP contribution is -2.36. The molecular weight excluding hydrogens is 191 g/mol. The van der Waals surface area contributed by atoms with Crippen molar-refractivity contribution in [3.05, 3.63) is 0 Å². The van der Waals surface area contributed by atoms with Crippen LogP contribution in [-0.4, -0.2) is 35.7 Å². The zero-order valence-corrected chi connectivity index (χ0v) is 8.49. The van der Waals surface area contributed by atoms with Crippen molar-refractivity contribution in [3.63, 3.8) is 0 Å². The summed E-state index contributed by atoms with van der Waals surface area (Å²) < 4.78 is 23.3. The minimum absolute atomic E-state index is 0.299. The minimum atomic E-state index is -1.39. The van der Waals surface area contributed by atoms with Crippen molar-refractivity contribution >= 4 is 5.97 Å². The average molecular weight is 206 g/mol. The van der Waals surface area contributed by atoms with Gasteiger partial charge in [-0.1, -0.05) is 6.92 Å². The Hall–Kier alpha value is -0.680. The molecule has 1 fully saturated rings. The van der Waals surface area contributed by atoms with E-state index in [1.165, 1.54) is 6.92 Å². The molecule has 0 aromatic heterocycles. The van der Waals surface area contributed by atoms with Crippen LogP contribution < -0.4 is 0 Å². The molecule has 1 aliphatic heterocycles. The first-order chi connectivity index (χ1) is 6.40. The highest BCUT2D eigenvalue weighted by molar-refractivity contribution is 5.66. The van der Waals surface area contributed by atoms with Gasteiger partial charge < -0.3 is 14.6 Å². The molecule has 0 radical (unpaired) electrons. The molecular formula is C9H15FO4. The number of hydrogen-bond acceptors (Lipinski definition) is 4. The van der Waals surface area contributed by atoms with E-state index in [-0.39, 0.29) is 6.61 Å². The van der Waals surface area contributed by atoms with E-state index in [0.29, 0.717) is 0 Å². The smallest absolute Gasteiger partial charge is 0.305 e. The zero-order valence-electron chi connectivity index (χ0n) is 8.49. The van der Waals surface area contributed by atoms with E-state index < -0.39 is 29.9 Å². The van der Waals surface area contributed by atoms with E-state index in [1.54, 1.807) is 13.8 Å². The normalized spacial score (nSPS) is 42.5. The highest BCUT2D eigenvalue weighted by atomic mass is 19.1. The molecule has 0 saturated carbocycles. The van der Waals surface area contributed by atoms with Gasteiger partial charge in [-0.15, -0.1) is 0 Å². The Bertz CT molecular complexity index is 233. The quantitative estimate of drug-likeness (QED) is 0.673. The summed E-state index contributed by atoms with van der Waals surface area (Å²) in [6.45, 7) is 4.10. The maximum Gasteiger partial charge on any atom is 0.305 e. The number of aliphatic hydroxyl groups excluding tert-OH is 1. The first kappa shape index (κ1) is 11.4. The van der Waals surface area contributed by atoms with E-state index in [0.717, 1.165) is 0 Å². The van der Waals surface area contributed by atoms with Crippen LogP contribution in [0.3, 0.4) is 0 Å². The summed E-state index contributed by atoms with van der Waals surface area (Å²) in [7, 11) is 0. The summed E-state index contributed by atoms with van der Waals surface area (Å²) in [5.74, 6) is -1.09. The standard InChI is InChI=1S/C9H15FO4/c1-5-7(10)8(13-6(2)12)14-9(5,3)4-11/h5,7-8,11H,4H2,1-3H3/t5-,7+,8?,9+/m0/s1. The Labute approximate surface area is 82.0 Å². The summed E-state index contributed by atoms with van der Waals surface area (Å²) in [5, 5.41) is 9.03. The molecule has 1 unspecified atom stereocenters. The molecule has 0 aliphatic carbocycles. The van der Waals surface area contributed by atoms with Crippen molar-refractivity contribution in [2.24, 2.45) is 5.92 Å². The fourth-order valence-corrected chi connectivity index (χ4v) is 1.44. The van der Waals surface area contributed by atoms with Crippen LogP contribution in [0.4, 0.5) is 4.39 Å². The van der Waals surface area contributed by atoms with Gasteiger partial charge in [-0.2, -0.15) is 0 Å². The van der Waals surface area contributed by atoms with Crippen molar-refractivity contribution in [1.82, 2.24) is 0 Å². The molecule has 1 aliphatic rings. The van der Waals surface area contributed by atoms with Gasteiger partial charge in [-0.05, 0) is 6.92 Å². The maximum absolute atomic E-state index is 13.5. The van der Waals surface area contributed by atoms with Gasteiger partial charge in [0.05, 0.1) is 12.2 Å². The molecule has 1 saturated heterocycles. The van der Waals surface area contributed by atoms with Crippen LogP contribution >= 0.6 is 0 Å². The molecule has 1 rings (SSSR count). The molecule has 4 nitrogen and oxygen atoms in total. The van der Waals surface area contributed by atoms with Crippen molar-refractivity contribution < 1.29 is 23.8 Å². The third-order valence-electron chi connectivity index (χ3n) is 2.68. The van der Waals surface area contributed by atoms with Crippen LogP contribution in [-0.2, 0) is 14.3 Å². The lowest BCUT2D eigenvalue weighted by atomic mass is 9.90. The first-order valence-electron chi connectivity index (χ1n) is 4.50. The highest BCUT2D eigenvalue weighted by Gasteiger charge is 2.51. The number of rotatable bonds is 2. The number of carbonyl (C=O) groups is 1. The average Bonchev–Trinajstić information content (AvgIpc) is 2.31. The summed E-state index contributed by atoms with van der Waals surface area (Å²) >= 11 is 0. The third kappa shape index (κ3) is 1.88. The molecule has 0 spiro atoms. The predicted octanol–water partition coefficient (Wildman–Crippen LogP) is 0.631. The molecule has 14 heavy (non-hydrogen) atoms. The van der Waals surface area contributed by atoms with Crippen molar-refractivity contribution in [2.45, 2.75) is 38.8 Å². The van der Waals surface area contributed by atoms with Crippen molar-refractivity contribution in [2.75, 3.05) is 6.61 Å². The molecule has 1 heterocycles. The van der Waals surface area contributed by atoms with Gasteiger partial charge >= 0.3 is 5.97 Å². The van der Waals surface area contributed by atoms with E-state index in [1.807, 2.05) is 0 Å². The Balaban J connectivity index is 2.71. The molecule has 5 heteroatoms. The first-order valence-corrected chi connectivity index (χ1v) is 4.50. The molecule has 0 aromatic carbocycles. The monoisotopic (exact) mass is 206 g/mol. The van der Waals surface area contributed by atoms with Crippen LogP contribution in [0.1, 0.15) is 20.8 Å². The SMILES string of the molecule is CC(=O)OC1O[C@](C)(CO)[C@@H](C)[C@H]1F. The summed E-state index contributed by atoms with van der Waals surface area (Å²) in [5.41, 5.74) is -0.973. The van der Waals surface area contributed by atoms with Crippen molar-refractivity contribution in [1.29, 1.82) is 0 Å². The molecule has 82 valence electrons. The van der Waals surface area contributed by atoms with Crippen molar-refractivity contribution in [3.8, 4) is 0 Å². The number of ether oxygens (including phenoxy) is 2. The van der Waals surface area contributed by atoms with Gasteiger partial charge in [-0.25, -0.2) is 4.39 Å². The molecule has 0 bridgehead atoms. The Morgan fingerprint density at radius 1 is 1.71 bits per heavy atom. The van der Waals surface area contributed by atoms with Gasteiger partial charge in [0.15, 0.2) is 6.17 Å². The number of halogens is 1. The third-order valence-corrected chi connectivity index (χ3v) is 2.68. The molecule has 0 aromatic rings. The van der Waals surface area contributed by atoms with E-state index in [4.69, 9.17) is 9.84 Å². The van der Waals surface area contributed by atoms with Crippen LogP contribution in [0, 0.1) is 5.92 Å². The molecule has 0 amide bonds. The largest absolute Gasteiger partial charge is 0.433 e. The van der Waals surface area contributed by atoms with E-state index in [9.17, 15) is 9.18 Å². The van der Waals surface area contributed by atoms with Crippen LogP contribution in [0.15, 0.2) is 0 Å². The summed E-state index contributed by atoms with van der Waals surface area (Å²) in [6, 6.07) is 0. The Morgan fingerprint density at radius 3 is 2.64 bits per heavy atom. The van der Waals surface area contributed by atoms with Gasteiger partial charge in [0.1, 0.15) is 0 Å². The van der Waals surface area contributed by atoms with Gasteiger partial charge in [0.2, 0.25) is 6.29 Å². The van der Waals surface area contributed by atoms with Gasteiger partial charge in [-0.3, -0.25) is 4.79 Å². The molecule has 4 atom stereocenters. The number of hydrogen-bond donors (Lipinski definition) is 1.